The largest absolute Gasteiger partial charge is 0.508 e. The topological polar surface area (TPSA) is 69.6 Å². The van der Waals surface area contributed by atoms with Crippen molar-refractivity contribution in [3.63, 3.8) is 0 Å². The van der Waals surface area contributed by atoms with Gasteiger partial charge in [0.2, 0.25) is 0 Å². The maximum Gasteiger partial charge on any atom is 0.270 e. The van der Waals surface area contributed by atoms with Crippen molar-refractivity contribution in [3.8, 4) is 5.75 Å². The average molecular weight is 403 g/mol. The highest BCUT2D eigenvalue weighted by atomic mass is 79.9. The minimum absolute atomic E-state index is 0.0331. The van der Waals surface area contributed by atoms with Gasteiger partial charge in [-0.25, -0.2) is 0 Å². The zero-order valence-corrected chi connectivity index (χ0v) is 14.6. The van der Waals surface area contributed by atoms with Crippen LogP contribution < -0.4 is 10.2 Å². The molecule has 0 spiro atoms. The van der Waals surface area contributed by atoms with Crippen molar-refractivity contribution in [1.29, 1.82) is 0 Å². The van der Waals surface area contributed by atoms with E-state index in [0.717, 1.165) is 4.47 Å². The zero-order chi connectivity index (χ0) is 17.3. The van der Waals surface area contributed by atoms with Gasteiger partial charge >= 0.3 is 0 Å². The fourth-order valence-electron chi connectivity index (χ4n) is 2.24. The lowest BCUT2D eigenvalue weighted by Gasteiger charge is -2.29. The van der Waals surface area contributed by atoms with E-state index >= 15 is 0 Å². The number of halogens is 1. The number of carbonyl (C=O) groups is 2. The molecule has 1 aliphatic heterocycles. The van der Waals surface area contributed by atoms with E-state index in [1.165, 1.54) is 23.1 Å². The summed E-state index contributed by atoms with van der Waals surface area (Å²) in [6.45, 7) is 0. The molecule has 0 radical (unpaired) electrons. The van der Waals surface area contributed by atoms with Crippen LogP contribution in [0, 0.1) is 0 Å². The molecule has 1 saturated heterocycles. The predicted octanol–water partition coefficient (Wildman–Crippen LogP) is 2.99. The maximum absolute atomic E-state index is 12.8. The molecule has 5 nitrogen and oxygen atoms in total. The Morgan fingerprint density at radius 1 is 1.12 bits per heavy atom. The van der Waals surface area contributed by atoms with Gasteiger partial charge in [0.25, 0.3) is 11.8 Å². The quantitative estimate of drug-likeness (QED) is 0.460. The Bertz CT molecular complexity index is 878. The molecule has 0 unspecified atom stereocenters. The lowest BCUT2D eigenvalue weighted by Crippen LogP contribution is -2.54. The number of aromatic hydroxyl groups is 1. The van der Waals surface area contributed by atoms with Gasteiger partial charge in [0, 0.05) is 4.47 Å². The first kappa shape index (κ1) is 16.4. The Morgan fingerprint density at radius 3 is 2.50 bits per heavy atom. The zero-order valence-electron chi connectivity index (χ0n) is 12.2. The molecule has 1 fully saturated rings. The van der Waals surface area contributed by atoms with E-state index < -0.39 is 11.8 Å². The summed E-state index contributed by atoms with van der Waals surface area (Å²) in [4.78, 5) is 26.2. The number of hydrogen-bond acceptors (Lipinski definition) is 4. The maximum atomic E-state index is 12.8. The number of rotatable bonds is 2. The molecule has 0 atom stereocenters. The van der Waals surface area contributed by atoms with Crippen molar-refractivity contribution in [1.82, 2.24) is 5.32 Å². The van der Waals surface area contributed by atoms with Gasteiger partial charge in [0.05, 0.1) is 5.69 Å². The fraction of sp³-hybridized carbons (Fsp3) is 0. The molecule has 24 heavy (non-hydrogen) atoms. The Balaban J connectivity index is 2.01. The number of benzene rings is 2. The predicted molar refractivity (Wildman–Crippen MR) is 98.5 cm³/mol. The summed E-state index contributed by atoms with van der Waals surface area (Å²) in [5.41, 5.74) is 1.14. The van der Waals surface area contributed by atoms with Gasteiger partial charge in [0.15, 0.2) is 5.11 Å². The second-order valence-corrected chi connectivity index (χ2v) is 6.33. The van der Waals surface area contributed by atoms with Crippen molar-refractivity contribution in [3.05, 3.63) is 64.1 Å². The smallest absolute Gasteiger partial charge is 0.270 e. The molecule has 0 aliphatic carbocycles. The minimum atomic E-state index is -0.552. The summed E-state index contributed by atoms with van der Waals surface area (Å²) < 4.78 is 0.788. The first-order chi connectivity index (χ1) is 11.5. The number of thiocarbonyl (C=S) groups is 1. The van der Waals surface area contributed by atoms with Gasteiger partial charge in [0.1, 0.15) is 11.3 Å². The molecule has 1 aliphatic rings. The van der Waals surface area contributed by atoms with Crippen molar-refractivity contribution >= 4 is 56.8 Å². The first-order valence-corrected chi connectivity index (χ1v) is 8.12. The molecular formula is C17H11BrN2O3S. The van der Waals surface area contributed by atoms with E-state index in [4.69, 9.17) is 12.2 Å². The summed E-state index contributed by atoms with van der Waals surface area (Å²) >= 11 is 8.49. The van der Waals surface area contributed by atoms with Crippen LogP contribution in [0.3, 0.4) is 0 Å². The third-order valence-electron chi connectivity index (χ3n) is 3.37. The van der Waals surface area contributed by atoms with Crippen LogP contribution in [0.2, 0.25) is 0 Å². The number of amides is 2. The van der Waals surface area contributed by atoms with Crippen molar-refractivity contribution in [2.45, 2.75) is 0 Å². The third kappa shape index (κ3) is 3.22. The summed E-state index contributed by atoms with van der Waals surface area (Å²) in [5.74, 6) is -0.951. The van der Waals surface area contributed by atoms with Crippen molar-refractivity contribution in [2.24, 2.45) is 0 Å². The fourth-order valence-corrected chi connectivity index (χ4v) is 2.91. The Hall–Kier alpha value is -2.51. The molecule has 120 valence electrons. The van der Waals surface area contributed by atoms with E-state index in [0.29, 0.717) is 11.3 Å². The second kappa shape index (κ2) is 6.54. The number of nitrogens with one attached hydrogen (secondary N) is 1. The Labute approximate surface area is 151 Å². The van der Waals surface area contributed by atoms with Gasteiger partial charge < -0.3 is 5.11 Å². The lowest BCUT2D eigenvalue weighted by atomic mass is 10.1. The lowest BCUT2D eigenvalue weighted by molar-refractivity contribution is -0.122. The van der Waals surface area contributed by atoms with Crippen molar-refractivity contribution < 1.29 is 14.7 Å². The van der Waals surface area contributed by atoms with Crippen LogP contribution in [0.1, 0.15) is 5.56 Å². The normalized spacial score (nSPS) is 16.5. The van der Waals surface area contributed by atoms with Crippen LogP contribution in [0.15, 0.2) is 58.6 Å². The first-order valence-electron chi connectivity index (χ1n) is 6.92. The van der Waals surface area contributed by atoms with Crippen LogP contribution in [0.5, 0.6) is 5.75 Å². The highest BCUT2D eigenvalue weighted by molar-refractivity contribution is 9.10. The summed E-state index contributed by atoms with van der Waals surface area (Å²) in [5, 5.41) is 11.9. The van der Waals surface area contributed by atoms with E-state index in [2.05, 4.69) is 21.2 Å². The summed E-state index contributed by atoms with van der Waals surface area (Å²) in [7, 11) is 0. The SMILES string of the molecule is O=C1NC(=S)N(c2cccc(Br)c2)C(=O)C1=Cc1ccc(O)cc1. The van der Waals surface area contributed by atoms with Crippen molar-refractivity contribution in [2.75, 3.05) is 4.90 Å². The van der Waals surface area contributed by atoms with Gasteiger partial charge in [-0.15, -0.1) is 0 Å². The van der Waals surface area contributed by atoms with Gasteiger partial charge in [-0.05, 0) is 54.2 Å². The molecule has 7 heteroatoms. The number of anilines is 1. The van der Waals surface area contributed by atoms with Gasteiger partial charge in [-0.1, -0.05) is 34.1 Å². The second-order valence-electron chi connectivity index (χ2n) is 5.03. The van der Waals surface area contributed by atoms with E-state index in [9.17, 15) is 14.7 Å². The number of phenols is 1. The van der Waals surface area contributed by atoms with E-state index in [1.807, 2.05) is 6.07 Å². The molecule has 2 aromatic carbocycles. The summed E-state index contributed by atoms with van der Waals surface area (Å²) in [6, 6.07) is 13.2. The van der Waals surface area contributed by atoms with Gasteiger partial charge in [-0.2, -0.15) is 0 Å². The highest BCUT2D eigenvalue weighted by Gasteiger charge is 2.34. The summed E-state index contributed by atoms with van der Waals surface area (Å²) in [6.07, 6.45) is 1.46. The number of phenolic OH excluding ortho intramolecular Hbond substituents is 1. The third-order valence-corrected chi connectivity index (χ3v) is 4.15. The van der Waals surface area contributed by atoms with Crippen LogP contribution in [-0.4, -0.2) is 22.0 Å². The average Bonchev–Trinajstić information content (AvgIpc) is 2.53. The molecule has 0 saturated carbocycles. The van der Waals surface area contributed by atoms with Gasteiger partial charge in [-0.3, -0.25) is 19.8 Å². The molecule has 3 rings (SSSR count). The molecular weight excluding hydrogens is 392 g/mol. The van der Waals surface area contributed by atoms with Crippen LogP contribution in [0.25, 0.3) is 6.08 Å². The highest BCUT2D eigenvalue weighted by Crippen LogP contribution is 2.25. The number of nitrogens with zero attached hydrogens (tertiary/aromatic N) is 1. The Kier molecular flexibility index (Phi) is 4.46. The standard InChI is InChI=1S/C17H11BrN2O3S/c18-11-2-1-3-12(9-11)20-16(23)14(15(22)19-17(20)24)8-10-4-6-13(21)7-5-10/h1-9,21H,(H,19,22,24). The molecule has 0 bridgehead atoms. The number of hydrogen-bond donors (Lipinski definition) is 2. The molecule has 1 heterocycles. The molecule has 2 amide bonds. The monoisotopic (exact) mass is 402 g/mol. The Morgan fingerprint density at radius 2 is 1.83 bits per heavy atom. The molecule has 2 N–H and O–H groups in total. The van der Waals surface area contributed by atoms with Crippen LogP contribution >= 0.6 is 28.1 Å². The molecule has 2 aromatic rings. The minimum Gasteiger partial charge on any atom is -0.508 e. The number of carbonyl (C=O) groups excluding carboxylic acids is 2. The van der Waals surface area contributed by atoms with Crippen LogP contribution in [-0.2, 0) is 9.59 Å². The van der Waals surface area contributed by atoms with E-state index in [-0.39, 0.29) is 16.4 Å². The van der Waals surface area contributed by atoms with E-state index in [1.54, 1.807) is 30.3 Å². The molecule has 0 aromatic heterocycles. The van der Waals surface area contributed by atoms with Crippen LogP contribution in [0.4, 0.5) is 5.69 Å².